The number of nitrogens with two attached hydrogens (primary N) is 1. The lowest BCUT2D eigenvalue weighted by Gasteiger charge is -2.01. The Bertz CT molecular complexity index is 934. The maximum Gasteiger partial charge on any atom is 0.271 e. The molecule has 0 aliphatic rings. The van der Waals surface area contributed by atoms with Crippen molar-refractivity contribution in [2.24, 2.45) is 5.10 Å². The molecule has 3 rings (SSSR count). The van der Waals surface area contributed by atoms with Gasteiger partial charge in [0, 0.05) is 21.8 Å². The van der Waals surface area contributed by atoms with Gasteiger partial charge in [-0.1, -0.05) is 23.2 Å². The van der Waals surface area contributed by atoms with E-state index in [4.69, 9.17) is 33.4 Å². The summed E-state index contributed by atoms with van der Waals surface area (Å²) in [4.78, 5) is 11.9. The molecule has 0 atom stereocenters. The van der Waals surface area contributed by atoms with Crippen molar-refractivity contribution in [3.05, 3.63) is 76.0 Å². The highest BCUT2D eigenvalue weighted by molar-refractivity contribution is 6.35. The van der Waals surface area contributed by atoms with E-state index in [-0.39, 0.29) is 5.91 Å². The van der Waals surface area contributed by atoms with Crippen LogP contribution in [-0.4, -0.2) is 12.1 Å². The number of nitrogen functional groups attached to an aromatic ring is 1. The van der Waals surface area contributed by atoms with Crippen molar-refractivity contribution in [1.29, 1.82) is 0 Å². The van der Waals surface area contributed by atoms with Gasteiger partial charge in [0.15, 0.2) is 0 Å². The first-order valence-corrected chi connectivity index (χ1v) is 8.03. The van der Waals surface area contributed by atoms with E-state index in [0.29, 0.717) is 38.4 Å². The van der Waals surface area contributed by atoms with Crippen molar-refractivity contribution in [2.45, 2.75) is 0 Å². The van der Waals surface area contributed by atoms with E-state index in [1.165, 1.54) is 6.21 Å². The van der Waals surface area contributed by atoms with Crippen LogP contribution in [0.3, 0.4) is 0 Å². The van der Waals surface area contributed by atoms with Crippen molar-refractivity contribution in [1.82, 2.24) is 5.43 Å². The Morgan fingerprint density at radius 1 is 1.08 bits per heavy atom. The maximum atomic E-state index is 11.9. The van der Waals surface area contributed by atoms with E-state index in [2.05, 4.69) is 10.5 Å². The Hall–Kier alpha value is -2.76. The number of hydrazone groups is 1. The summed E-state index contributed by atoms with van der Waals surface area (Å²) in [6.07, 6.45) is 1.40. The van der Waals surface area contributed by atoms with Crippen LogP contribution in [0.2, 0.25) is 10.0 Å². The first-order valence-electron chi connectivity index (χ1n) is 7.27. The molecule has 0 radical (unpaired) electrons. The number of benzene rings is 2. The molecule has 0 saturated carbocycles. The normalized spacial score (nSPS) is 11.0. The maximum absolute atomic E-state index is 11.9. The molecular weight excluding hydrogens is 361 g/mol. The molecule has 0 saturated heterocycles. The van der Waals surface area contributed by atoms with Gasteiger partial charge in [-0.25, -0.2) is 5.43 Å². The third-order valence-corrected chi connectivity index (χ3v) is 3.92. The lowest BCUT2D eigenvalue weighted by molar-refractivity contribution is 0.0955. The summed E-state index contributed by atoms with van der Waals surface area (Å²) in [5.74, 6) is 0.670. The minimum Gasteiger partial charge on any atom is -0.455 e. The number of amides is 1. The zero-order valence-corrected chi connectivity index (χ0v) is 14.4. The smallest absolute Gasteiger partial charge is 0.271 e. The molecule has 0 aliphatic carbocycles. The molecule has 3 aromatic rings. The van der Waals surface area contributed by atoms with Gasteiger partial charge in [-0.05, 0) is 54.6 Å². The molecule has 3 N–H and O–H groups in total. The minimum atomic E-state index is -0.346. The second-order valence-corrected chi connectivity index (χ2v) is 5.99. The summed E-state index contributed by atoms with van der Waals surface area (Å²) in [7, 11) is 0. The van der Waals surface area contributed by atoms with Gasteiger partial charge in [0.1, 0.15) is 11.5 Å². The molecule has 0 spiro atoms. The van der Waals surface area contributed by atoms with E-state index < -0.39 is 0 Å². The number of nitrogens with zero attached hydrogens (tertiary/aromatic N) is 1. The van der Waals surface area contributed by atoms with Crippen LogP contribution in [0.5, 0.6) is 0 Å². The summed E-state index contributed by atoms with van der Waals surface area (Å²) >= 11 is 12.1. The van der Waals surface area contributed by atoms with E-state index in [1.54, 1.807) is 54.6 Å². The van der Waals surface area contributed by atoms with Crippen LogP contribution >= 0.6 is 23.2 Å². The summed E-state index contributed by atoms with van der Waals surface area (Å²) in [6.45, 7) is 0. The van der Waals surface area contributed by atoms with Gasteiger partial charge in [0.25, 0.3) is 5.91 Å². The number of carbonyl (C=O) groups is 1. The van der Waals surface area contributed by atoms with Gasteiger partial charge in [0.2, 0.25) is 0 Å². The van der Waals surface area contributed by atoms with Crippen LogP contribution in [0.1, 0.15) is 16.1 Å². The van der Waals surface area contributed by atoms with Gasteiger partial charge in [-0.3, -0.25) is 4.79 Å². The van der Waals surface area contributed by atoms with E-state index in [9.17, 15) is 4.79 Å². The fraction of sp³-hybridized carbons (Fsp3) is 0. The zero-order valence-electron chi connectivity index (χ0n) is 12.9. The highest BCUT2D eigenvalue weighted by Crippen LogP contribution is 2.31. The molecule has 0 bridgehead atoms. The predicted molar refractivity (Wildman–Crippen MR) is 100 cm³/mol. The molecule has 0 aliphatic heterocycles. The van der Waals surface area contributed by atoms with Crippen LogP contribution < -0.4 is 11.2 Å². The Kier molecular flexibility index (Phi) is 5.07. The standard InChI is InChI=1S/C18H13Cl2N3O2/c19-12-3-7-16(20)15(9-12)17-8-6-14(25-17)10-22-23-18(24)11-1-4-13(21)5-2-11/h1-10H,21H2,(H,23,24)/b22-10-. The predicted octanol–water partition coefficient (Wildman–Crippen LogP) is 4.60. The first kappa shape index (κ1) is 17.1. The summed E-state index contributed by atoms with van der Waals surface area (Å²) in [6, 6.07) is 15.1. The Balaban J connectivity index is 1.69. The van der Waals surface area contributed by atoms with Crippen LogP contribution in [0.25, 0.3) is 11.3 Å². The second kappa shape index (κ2) is 7.42. The average Bonchev–Trinajstić information content (AvgIpc) is 3.06. The van der Waals surface area contributed by atoms with E-state index >= 15 is 0 Å². The van der Waals surface area contributed by atoms with Crippen molar-refractivity contribution in [2.75, 3.05) is 5.73 Å². The number of furan rings is 1. The molecule has 1 heterocycles. The first-order chi connectivity index (χ1) is 12.0. The molecule has 0 unspecified atom stereocenters. The number of hydrogen-bond donors (Lipinski definition) is 2. The minimum absolute atomic E-state index is 0.346. The SMILES string of the molecule is Nc1ccc(C(=O)N/N=C\c2ccc(-c3cc(Cl)ccc3Cl)o2)cc1. The number of anilines is 1. The molecule has 7 heteroatoms. The van der Waals surface area contributed by atoms with Crippen molar-refractivity contribution in [3.63, 3.8) is 0 Å². The Labute approximate surface area is 154 Å². The Morgan fingerprint density at radius 3 is 2.60 bits per heavy atom. The number of hydrogen-bond acceptors (Lipinski definition) is 4. The largest absolute Gasteiger partial charge is 0.455 e. The van der Waals surface area contributed by atoms with Gasteiger partial charge in [0.05, 0.1) is 11.2 Å². The molecule has 2 aromatic carbocycles. The lowest BCUT2D eigenvalue weighted by Crippen LogP contribution is -2.17. The highest BCUT2D eigenvalue weighted by atomic mass is 35.5. The number of rotatable bonds is 4. The fourth-order valence-electron chi connectivity index (χ4n) is 2.11. The molecule has 1 amide bonds. The Morgan fingerprint density at radius 2 is 1.84 bits per heavy atom. The summed E-state index contributed by atoms with van der Waals surface area (Å²) in [5.41, 5.74) is 9.72. The van der Waals surface area contributed by atoms with E-state index in [0.717, 1.165) is 0 Å². The van der Waals surface area contributed by atoms with Crippen LogP contribution in [0, 0.1) is 0 Å². The third kappa shape index (κ3) is 4.21. The van der Waals surface area contributed by atoms with Gasteiger partial charge in [-0.2, -0.15) is 5.10 Å². The molecule has 126 valence electrons. The lowest BCUT2D eigenvalue weighted by atomic mass is 10.2. The van der Waals surface area contributed by atoms with Crippen molar-refractivity contribution >= 4 is 41.0 Å². The second-order valence-electron chi connectivity index (χ2n) is 5.15. The fourth-order valence-corrected chi connectivity index (χ4v) is 2.49. The number of carbonyl (C=O) groups excluding carboxylic acids is 1. The summed E-state index contributed by atoms with van der Waals surface area (Å²) in [5, 5.41) is 4.96. The van der Waals surface area contributed by atoms with Gasteiger partial charge in [-0.15, -0.1) is 0 Å². The average molecular weight is 374 g/mol. The monoisotopic (exact) mass is 373 g/mol. The topological polar surface area (TPSA) is 80.6 Å². The van der Waals surface area contributed by atoms with Crippen LogP contribution in [-0.2, 0) is 0 Å². The molecule has 1 aromatic heterocycles. The van der Waals surface area contributed by atoms with Crippen LogP contribution in [0.15, 0.2) is 64.1 Å². The highest BCUT2D eigenvalue weighted by Gasteiger charge is 2.09. The van der Waals surface area contributed by atoms with Crippen molar-refractivity contribution in [3.8, 4) is 11.3 Å². The molecule has 25 heavy (non-hydrogen) atoms. The molecular formula is C18H13Cl2N3O2. The van der Waals surface area contributed by atoms with Crippen molar-refractivity contribution < 1.29 is 9.21 Å². The third-order valence-electron chi connectivity index (χ3n) is 3.35. The number of halogens is 2. The van der Waals surface area contributed by atoms with Crippen LogP contribution in [0.4, 0.5) is 5.69 Å². The summed E-state index contributed by atoms with van der Waals surface area (Å²) < 4.78 is 5.65. The van der Waals surface area contributed by atoms with Gasteiger partial charge >= 0.3 is 0 Å². The number of nitrogens with one attached hydrogen (secondary N) is 1. The van der Waals surface area contributed by atoms with Gasteiger partial charge < -0.3 is 10.2 Å². The van der Waals surface area contributed by atoms with E-state index in [1.807, 2.05) is 0 Å². The zero-order chi connectivity index (χ0) is 17.8. The quantitative estimate of drug-likeness (QED) is 0.398. The molecule has 0 fully saturated rings. The molecule has 5 nitrogen and oxygen atoms in total.